The fourth-order valence-corrected chi connectivity index (χ4v) is 3.57. The van der Waals surface area contributed by atoms with Crippen LogP contribution in [0.1, 0.15) is 18.5 Å². The maximum Gasteiger partial charge on any atom is 0.225 e. The third-order valence-electron chi connectivity index (χ3n) is 5.28. The Morgan fingerprint density at radius 3 is 2.38 bits per heavy atom. The summed E-state index contributed by atoms with van der Waals surface area (Å²) < 4.78 is 15.4. The van der Waals surface area contributed by atoms with Crippen molar-refractivity contribution in [2.24, 2.45) is 0 Å². The van der Waals surface area contributed by atoms with Gasteiger partial charge in [-0.15, -0.1) is 0 Å². The van der Waals surface area contributed by atoms with Crippen LogP contribution in [0, 0.1) is 5.82 Å². The van der Waals surface area contributed by atoms with Gasteiger partial charge in [0.2, 0.25) is 11.9 Å². The zero-order chi connectivity index (χ0) is 23.5. The van der Waals surface area contributed by atoms with Gasteiger partial charge in [-0.05, 0) is 48.9 Å². The first-order valence-electron chi connectivity index (χ1n) is 10.7. The van der Waals surface area contributed by atoms with Crippen LogP contribution < -0.4 is 11.1 Å². The molecule has 9 heteroatoms. The number of nitrogens with one attached hydrogen (secondary N) is 1. The molecule has 0 saturated heterocycles. The molecule has 0 fully saturated rings. The third-order valence-corrected chi connectivity index (χ3v) is 5.28. The predicted molar refractivity (Wildman–Crippen MR) is 128 cm³/mol. The Morgan fingerprint density at radius 1 is 0.853 bits per heavy atom. The van der Waals surface area contributed by atoms with E-state index in [9.17, 15) is 4.39 Å². The Kier molecular flexibility index (Phi) is 5.65. The van der Waals surface area contributed by atoms with Crippen molar-refractivity contribution < 1.29 is 4.39 Å². The summed E-state index contributed by atoms with van der Waals surface area (Å²) in [5.74, 6) is 1.47. The van der Waals surface area contributed by atoms with E-state index in [-0.39, 0.29) is 17.8 Å². The first-order valence-corrected chi connectivity index (χ1v) is 10.7. The standard InChI is InChI=1S/C25H21FN8/c1-16(17-5-3-2-4-6-17)30-25-29-14-12-22(33-25)34-15-21(20-11-13-28-24(27)32-20)31-23(34)18-7-9-19(26)10-8-18/h2-16H,1H3,(H2,27,28,32)(H,29,30,33)/t16-/m0/s1. The second-order valence-corrected chi connectivity index (χ2v) is 7.64. The Hall–Kier alpha value is -4.66. The van der Waals surface area contributed by atoms with Crippen molar-refractivity contribution in [1.29, 1.82) is 0 Å². The number of nitrogens with zero attached hydrogens (tertiary/aromatic N) is 6. The van der Waals surface area contributed by atoms with Crippen LogP contribution in [0.25, 0.3) is 28.6 Å². The van der Waals surface area contributed by atoms with Gasteiger partial charge < -0.3 is 11.1 Å². The Morgan fingerprint density at radius 2 is 1.62 bits per heavy atom. The molecule has 0 saturated carbocycles. The molecule has 168 valence electrons. The molecular weight excluding hydrogens is 431 g/mol. The molecule has 0 bridgehead atoms. The average Bonchev–Trinajstić information content (AvgIpc) is 3.31. The van der Waals surface area contributed by atoms with Gasteiger partial charge >= 0.3 is 0 Å². The van der Waals surface area contributed by atoms with Crippen molar-refractivity contribution in [2.75, 3.05) is 11.1 Å². The number of anilines is 2. The molecule has 0 unspecified atom stereocenters. The molecule has 8 nitrogen and oxygen atoms in total. The number of halogens is 1. The molecule has 0 spiro atoms. The van der Waals surface area contributed by atoms with E-state index in [0.29, 0.717) is 29.0 Å². The number of nitrogens with two attached hydrogens (primary N) is 1. The van der Waals surface area contributed by atoms with Crippen LogP contribution in [-0.4, -0.2) is 29.5 Å². The van der Waals surface area contributed by atoms with Gasteiger partial charge in [0.15, 0.2) is 0 Å². The summed E-state index contributed by atoms with van der Waals surface area (Å²) in [6.07, 6.45) is 5.07. The van der Waals surface area contributed by atoms with E-state index in [4.69, 9.17) is 15.7 Å². The smallest absolute Gasteiger partial charge is 0.225 e. The quantitative estimate of drug-likeness (QED) is 0.385. The highest BCUT2D eigenvalue weighted by atomic mass is 19.1. The lowest BCUT2D eigenvalue weighted by Gasteiger charge is -2.15. The number of hydrogen-bond donors (Lipinski definition) is 2. The van der Waals surface area contributed by atoms with Gasteiger partial charge in [0.25, 0.3) is 0 Å². The Bertz CT molecular complexity index is 1420. The van der Waals surface area contributed by atoms with Crippen LogP contribution in [0.4, 0.5) is 16.3 Å². The monoisotopic (exact) mass is 452 g/mol. The average molecular weight is 452 g/mol. The van der Waals surface area contributed by atoms with Crippen LogP contribution in [-0.2, 0) is 0 Å². The molecule has 0 aliphatic rings. The third kappa shape index (κ3) is 4.44. The van der Waals surface area contributed by atoms with Crippen molar-refractivity contribution in [3.05, 3.63) is 96.7 Å². The summed E-state index contributed by atoms with van der Waals surface area (Å²) in [7, 11) is 0. The molecule has 0 radical (unpaired) electrons. The number of benzene rings is 2. The van der Waals surface area contributed by atoms with E-state index in [0.717, 1.165) is 11.1 Å². The number of hydrogen-bond acceptors (Lipinski definition) is 7. The van der Waals surface area contributed by atoms with Crippen molar-refractivity contribution in [3.63, 3.8) is 0 Å². The van der Waals surface area contributed by atoms with Crippen molar-refractivity contribution in [1.82, 2.24) is 29.5 Å². The molecule has 34 heavy (non-hydrogen) atoms. The van der Waals surface area contributed by atoms with Gasteiger partial charge in [-0.2, -0.15) is 4.98 Å². The lowest BCUT2D eigenvalue weighted by molar-refractivity contribution is 0.628. The van der Waals surface area contributed by atoms with Crippen molar-refractivity contribution >= 4 is 11.9 Å². The van der Waals surface area contributed by atoms with E-state index in [1.54, 1.807) is 36.7 Å². The zero-order valence-corrected chi connectivity index (χ0v) is 18.3. The highest BCUT2D eigenvalue weighted by molar-refractivity contribution is 5.65. The molecule has 0 aliphatic carbocycles. The second-order valence-electron chi connectivity index (χ2n) is 7.64. The van der Waals surface area contributed by atoms with Crippen LogP contribution >= 0.6 is 0 Å². The number of rotatable bonds is 6. The molecule has 3 N–H and O–H groups in total. The van der Waals surface area contributed by atoms with Gasteiger partial charge in [-0.3, -0.25) is 4.57 Å². The Labute approximate surface area is 195 Å². The lowest BCUT2D eigenvalue weighted by Crippen LogP contribution is -2.10. The maximum atomic E-state index is 13.6. The number of aromatic nitrogens is 6. The summed E-state index contributed by atoms with van der Waals surface area (Å²) in [5, 5.41) is 3.34. The van der Waals surface area contributed by atoms with Crippen LogP contribution in [0.5, 0.6) is 0 Å². The van der Waals surface area contributed by atoms with Gasteiger partial charge in [0.1, 0.15) is 23.2 Å². The van der Waals surface area contributed by atoms with Gasteiger partial charge in [0, 0.05) is 24.2 Å². The summed E-state index contributed by atoms with van der Waals surface area (Å²) >= 11 is 0. The number of imidazole rings is 1. The normalized spacial score (nSPS) is 11.8. The van der Waals surface area contributed by atoms with E-state index < -0.39 is 0 Å². The highest BCUT2D eigenvalue weighted by Gasteiger charge is 2.16. The molecule has 0 amide bonds. The van der Waals surface area contributed by atoms with Gasteiger partial charge in [-0.25, -0.2) is 24.3 Å². The molecule has 2 aromatic carbocycles. The Balaban J connectivity index is 1.56. The maximum absolute atomic E-state index is 13.6. The minimum atomic E-state index is -0.325. The van der Waals surface area contributed by atoms with Gasteiger partial charge in [-0.1, -0.05) is 30.3 Å². The molecule has 1 atom stereocenters. The molecule has 0 aliphatic heterocycles. The summed E-state index contributed by atoms with van der Waals surface area (Å²) in [5.41, 5.74) is 8.76. The molecule has 5 rings (SSSR count). The first-order chi connectivity index (χ1) is 16.6. The molecule has 5 aromatic rings. The SMILES string of the molecule is C[C@H](Nc1nccc(-n2cc(-c3ccnc(N)n3)nc2-c2ccc(F)cc2)n1)c1ccccc1. The fourth-order valence-electron chi connectivity index (χ4n) is 3.57. The predicted octanol–water partition coefficient (Wildman–Crippen LogP) is 4.68. The van der Waals surface area contributed by atoms with Gasteiger partial charge in [0.05, 0.1) is 11.7 Å². The van der Waals surface area contributed by atoms with Crippen LogP contribution in [0.15, 0.2) is 85.3 Å². The van der Waals surface area contributed by atoms with Crippen LogP contribution in [0.2, 0.25) is 0 Å². The molecule has 3 heterocycles. The summed E-state index contributed by atoms with van der Waals surface area (Å²) in [6, 6.07) is 19.7. The second kappa shape index (κ2) is 9.07. The molecular formula is C25H21FN8. The van der Waals surface area contributed by atoms with Crippen LogP contribution in [0.3, 0.4) is 0 Å². The van der Waals surface area contributed by atoms with Crippen molar-refractivity contribution in [3.8, 4) is 28.6 Å². The van der Waals surface area contributed by atoms with E-state index in [1.807, 2.05) is 48.0 Å². The minimum Gasteiger partial charge on any atom is -0.368 e. The number of nitrogen functional groups attached to an aromatic ring is 1. The topological polar surface area (TPSA) is 107 Å². The first kappa shape index (κ1) is 21.2. The minimum absolute atomic E-state index is 0.00959. The fraction of sp³-hybridized carbons (Fsp3) is 0.0800. The summed E-state index contributed by atoms with van der Waals surface area (Å²) in [6.45, 7) is 2.05. The van der Waals surface area contributed by atoms with Crippen molar-refractivity contribution in [2.45, 2.75) is 13.0 Å². The van der Waals surface area contributed by atoms with E-state index in [1.165, 1.54) is 12.1 Å². The zero-order valence-electron chi connectivity index (χ0n) is 18.3. The van der Waals surface area contributed by atoms with E-state index >= 15 is 0 Å². The lowest BCUT2D eigenvalue weighted by atomic mass is 10.1. The molecule has 3 aromatic heterocycles. The van der Waals surface area contributed by atoms with E-state index in [2.05, 4.69) is 20.3 Å². The summed E-state index contributed by atoms with van der Waals surface area (Å²) in [4.78, 5) is 22.1. The largest absolute Gasteiger partial charge is 0.368 e. The highest BCUT2D eigenvalue weighted by Crippen LogP contribution is 2.27.